The van der Waals surface area contributed by atoms with Crippen LogP contribution in [-0.2, 0) is 12.8 Å². The zero-order valence-corrected chi connectivity index (χ0v) is 12.0. The molecule has 0 saturated heterocycles. The van der Waals surface area contributed by atoms with Gasteiger partial charge in [0.15, 0.2) is 0 Å². The second-order valence-corrected chi connectivity index (χ2v) is 6.21. The molecule has 0 amide bonds. The second kappa shape index (κ2) is 4.56. The third kappa shape index (κ3) is 1.91. The van der Waals surface area contributed by atoms with Crippen molar-refractivity contribution >= 4 is 11.3 Å². The van der Waals surface area contributed by atoms with Gasteiger partial charge in [-0.1, -0.05) is 0 Å². The lowest BCUT2D eigenvalue weighted by Crippen LogP contribution is -2.16. The van der Waals surface area contributed by atoms with Crippen LogP contribution in [-0.4, -0.2) is 7.05 Å². The fourth-order valence-electron chi connectivity index (χ4n) is 2.88. The molecule has 0 saturated carbocycles. The Labute approximate surface area is 112 Å². The van der Waals surface area contributed by atoms with Crippen LogP contribution in [0.15, 0.2) is 16.5 Å². The lowest BCUT2D eigenvalue weighted by atomic mass is 10.1. The smallest absolute Gasteiger partial charge is 0.106 e. The minimum atomic E-state index is 0.276. The van der Waals surface area contributed by atoms with Crippen LogP contribution in [0.5, 0.6) is 0 Å². The summed E-state index contributed by atoms with van der Waals surface area (Å²) in [5.41, 5.74) is 2.84. The summed E-state index contributed by atoms with van der Waals surface area (Å²) in [6, 6.07) is 4.81. The Bertz CT molecular complexity index is 546. The molecule has 0 aromatic carbocycles. The number of thiophene rings is 1. The van der Waals surface area contributed by atoms with Gasteiger partial charge >= 0.3 is 0 Å². The van der Waals surface area contributed by atoms with E-state index in [0.29, 0.717) is 0 Å². The summed E-state index contributed by atoms with van der Waals surface area (Å²) in [4.78, 5) is 3.01. The summed E-state index contributed by atoms with van der Waals surface area (Å²) in [5, 5.41) is 3.43. The van der Waals surface area contributed by atoms with Crippen molar-refractivity contribution in [1.82, 2.24) is 5.32 Å². The first-order valence-electron chi connectivity index (χ1n) is 6.54. The lowest BCUT2D eigenvalue weighted by Gasteiger charge is -2.13. The van der Waals surface area contributed by atoms with Gasteiger partial charge in [0.1, 0.15) is 11.5 Å². The molecule has 96 valence electrons. The summed E-state index contributed by atoms with van der Waals surface area (Å²) in [7, 11) is 2.03. The fraction of sp³-hybridized carbons (Fsp3) is 0.467. The Balaban J connectivity index is 1.99. The molecule has 1 unspecified atom stereocenters. The molecule has 0 fully saturated rings. The van der Waals surface area contributed by atoms with E-state index in [9.17, 15) is 0 Å². The van der Waals surface area contributed by atoms with E-state index in [4.69, 9.17) is 4.42 Å². The van der Waals surface area contributed by atoms with Crippen molar-refractivity contribution < 1.29 is 4.42 Å². The van der Waals surface area contributed by atoms with Gasteiger partial charge in [-0.3, -0.25) is 0 Å². The van der Waals surface area contributed by atoms with Crippen molar-refractivity contribution in [2.24, 2.45) is 0 Å². The molecule has 2 nitrogen and oxygen atoms in total. The highest BCUT2D eigenvalue weighted by atomic mass is 32.1. The van der Waals surface area contributed by atoms with E-state index in [1.165, 1.54) is 29.7 Å². The molecule has 3 rings (SSSR count). The first kappa shape index (κ1) is 12.0. The topological polar surface area (TPSA) is 25.2 Å². The average Bonchev–Trinajstić information content (AvgIpc) is 2.95. The van der Waals surface area contributed by atoms with Gasteiger partial charge in [-0.25, -0.2) is 0 Å². The van der Waals surface area contributed by atoms with Crippen LogP contribution in [0.4, 0.5) is 0 Å². The molecular formula is C15H19NOS. The second-order valence-electron chi connectivity index (χ2n) is 5.04. The van der Waals surface area contributed by atoms with E-state index in [0.717, 1.165) is 11.5 Å². The van der Waals surface area contributed by atoms with Gasteiger partial charge in [0.05, 0.1) is 6.04 Å². The predicted molar refractivity (Wildman–Crippen MR) is 75.4 cm³/mol. The van der Waals surface area contributed by atoms with Crippen LogP contribution < -0.4 is 5.32 Å². The summed E-state index contributed by atoms with van der Waals surface area (Å²) in [5.74, 6) is 2.02. The van der Waals surface area contributed by atoms with Gasteiger partial charge in [0, 0.05) is 15.3 Å². The van der Waals surface area contributed by atoms with Gasteiger partial charge in [0.2, 0.25) is 0 Å². The van der Waals surface area contributed by atoms with E-state index in [1.807, 2.05) is 32.2 Å². The minimum Gasteiger partial charge on any atom is -0.466 e. The Hall–Kier alpha value is -1.06. The van der Waals surface area contributed by atoms with Gasteiger partial charge in [-0.2, -0.15) is 0 Å². The molecule has 0 radical (unpaired) electrons. The molecule has 3 heteroatoms. The van der Waals surface area contributed by atoms with Gasteiger partial charge in [-0.05, 0) is 57.9 Å². The van der Waals surface area contributed by atoms with Gasteiger partial charge < -0.3 is 9.73 Å². The van der Waals surface area contributed by atoms with E-state index >= 15 is 0 Å². The number of hydrogen-bond acceptors (Lipinski definition) is 3. The number of rotatable bonds is 3. The van der Waals surface area contributed by atoms with Crippen molar-refractivity contribution in [3.8, 4) is 0 Å². The molecule has 2 aromatic rings. The highest BCUT2D eigenvalue weighted by Gasteiger charge is 2.23. The van der Waals surface area contributed by atoms with Crippen LogP contribution in [0.2, 0.25) is 0 Å². The van der Waals surface area contributed by atoms with Crippen LogP contribution >= 0.6 is 11.3 Å². The van der Waals surface area contributed by atoms with Crippen LogP contribution in [0.3, 0.4) is 0 Å². The monoisotopic (exact) mass is 261 g/mol. The van der Waals surface area contributed by atoms with Gasteiger partial charge in [0.25, 0.3) is 0 Å². The molecule has 0 bridgehead atoms. The average molecular weight is 261 g/mol. The molecular weight excluding hydrogens is 242 g/mol. The molecule has 1 atom stereocenters. The third-order valence-electron chi connectivity index (χ3n) is 3.73. The summed E-state index contributed by atoms with van der Waals surface area (Å²) in [6.45, 7) is 4.06. The molecule has 0 spiro atoms. The Morgan fingerprint density at radius 1 is 1.28 bits per heavy atom. The quantitative estimate of drug-likeness (QED) is 0.910. The van der Waals surface area contributed by atoms with E-state index in [2.05, 4.69) is 17.4 Å². The van der Waals surface area contributed by atoms with Crippen molar-refractivity contribution in [3.05, 3.63) is 44.5 Å². The number of furan rings is 1. The predicted octanol–water partition coefficient (Wildman–Crippen LogP) is 3.76. The Morgan fingerprint density at radius 3 is 2.72 bits per heavy atom. The normalized spacial score (nSPS) is 15.9. The molecule has 1 aliphatic rings. The number of nitrogens with one attached hydrogen (secondary N) is 1. The van der Waals surface area contributed by atoms with Gasteiger partial charge in [-0.15, -0.1) is 11.3 Å². The minimum absolute atomic E-state index is 0.276. The maximum absolute atomic E-state index is 5.66. The maximum atomic E-state index is 5.66. The SMILES string of the molecule is CNC(c1cc2c(s1)CCC2)c1cc(C)oc1C. The van der Waals surface area contributed by atoms with Crippen molar-refractivity contribution in [2.45, 2.75) is 39.2 Å². The number of aryl methyl sites for hydroxylation is 4. The van der Waals surface area contributed by atoms with Crippen LogP contribution in [0, 0.1) is 13.8 Å². The lowest BCUT2D eigenvalue weighted by molar-refractivity contribution is 0.497. The number of hydrogen-bond donors (Lipinski definition) is 1. The molecule has 2 aromatic heterocycles. The highest BCUT2D eigenvalue weighted by molar-refractivity contribution is 7.12. The first-order valence-corrected chi connectivity index (χ1v) is 7.36. The fourth-order valence-corrected chi connectivity index (χ4v) is 4.27. The van der Waals surface area contributed by atoms with Crippen molar-refractivity contribution in [3.63, 3.8) is 0 Å². The molecule has 18 heavy (non-hydrogen) atoms. The van der Waals surface area contributed by atoms with Crippen molar-refractivity contribution in [1.29, 1.82) is 0 Å². The van der Waals surface area contributed by atoms with Crippen molar-refractivity contribution in [2.75, 3.05) is 7.05 Å². The molecule has 1 N–H and O–H groups in total. The summed E-state index contributed by atoms with van der Waals surface area (Å²) in [6.07, 6.45) is 3.85. The standard InChI is InChI=1S/C15H19NOS/c1-9-7-12(10(2)17-9)15(16-3)14-8-11-5-4-6-13(11)18-14/h7-8,15-16H,4-6H2,1-3H3. The Morgan fingerprint density at radius 2 is 2.11 bits per heavy atom. The zero-order chi connectivity index (χ0) is 12.7. The van der Waals surface area contributed by atoms with E-state index in [1.54, 1.807) is 10.4 Å². The summed E-state index contributed by atoms with van der Waals surface area (Å²) >= 11 is 1.96. The van der Waals surface area contributed by atoms with Crippen LogP contribution in [0.1, 0.15) is 44.9 Å². The highest BCUT2D eigenvalue weighted by Crippen LogP contribution is 2.37. The van der Waals surface area contributed by atoms with E-state index < -0.39 is 0 Å². The largest absolute Gasteiger partial charge is 0.466 e. The molecule has 1 aliphatic carbocycles. The zero-order valence-electron chi connectivity index (χ0n) is 11.2. The first-order chi connectivity index (χ1) is 8.69. The molecule has 2 heterocycles. The van der Waals surface area contributed by atoms with E-state index in [-0.39, 0.29) is 6.04 Å². The third-order valence-corrected chi connectivity index (χ3v) is 5.03. The Kier molecular flexibility index (Phi) is 3.04. The molecule has 0 aliphatic heterocycles. The summed E-state index contributed by atoms with van der Waals surface area (Å²) < 4.78 is 5.66. The number of fused-ring (bicyclic) bond motifs is 1. The van der Waals surface area contributed by atoms with Crippen LogP contribution in [0.25, 0.3) is 0 Å². The maximum Gasteiger partial charge on any atom is 0.106 e.